The molecule has 1 aliphatic heterocycles. The van der Waals surface area contributed by atoms with Gasteiger partial charge in [-0.15, -0.1) is 0 Å². The van der Waals surface area contributed by atoms with Gasteiger partial charge in [0.05, 0.1) is 5.56 Å². The van der Waals surface area contributed by atoms with Crippen molar-refractivity contribution in [3.8, 4) is 0 Å². The fourth-order valence-electron chi connectivity index (χ4n) is 4.96. The fourth-order valence-corrected chi connectivity index (χ4v) is 4.96. The first-order chi connectivity index (χ1) is 15.4. The number of pyridine rings is 1. The molecule has 0 bridgehead atoms. The quantitative estimate of drug-likeness (QED) is 0.672. The zero-order chi connectivity index (χ0) is 22.6. The number of nitrogens with zero attached hydrogens (tertiary/aromatic N) is 2. The van der Waals surface area contributed by atoms with Crippen LogP contribution in [-0.4, -0.2) is 29.5 Å². The van der Waals surface area contributed by atoms with Gasteiger partial charge in [0.15, 0.2) is 0 Å². The van der Waals surface area contributed by atoms with E-state index in [4.69, 9.17) is 0 Å². The molecular formula is C25H30F3N3O. The standard InChI is InChI=1S/C25H30F3N3O/c26-25(27,28)20-11-12-23(29-17-20)31-14-13-19(15-18-7-3-1-4-8-18)16-22(31)24(32)30-21-9-5-2-6-10-21/h1,3-4,7-8,11-12,17,19,21-22H,2,5-6,9-10,13-16H2,(H,30,32)/t19-,22-/m0/s1. The maximum atomic E-state index is 13.3. The number of amides is 1. The average Bonchev–Trinajstić information content (AvgIpc) is 2.80. The molecule has 32 heavy (non-hydrogen) atoms. The number of alkyl halides is 3. The van der Waals surface area contributed by atoms with Gasteiger partial charge in [0.25, 0.3) is 0 Å². The smallest absolute Gasteiger partial charge is 0.352 e. The van der Waals surface area contributed by atoms with Crippen molar-refractivity contribution in [3.63, 3.8) is 0 Å². The monoisotopic (exact) mass is 445 g/mol. The molecule has 2 fully saturated rings. The number of nitrogens with one attached hydrogen (secondary N) is 1. The first kappa shape index (κ1) is 22.6. The van der Waals surface area contributed by atoms with Crippen LogP contribution in [0, 0.1) is 5.92 Å². The van der Waals surface area contributed by atoms with Gasteiger partial charge in [-0.25, -0.2) is 4.98 Å². The SMILES string of the molecule is O=C(NC1CCCCC1)[C@@H]1C[C@H](Cc2ccccc2)CCN1c1ccc(C(F)(F)F)cn1. The third-order valence-corrected chi connectivity index (χ3v) is 6.70. The lowest BCUT2D eigenvalue weighted by atomic mass is 9.85. The summed E-state index contributed by atoms with van der Waals surface area (Å²) in [5.41, 5.74) is 0.466. The molecule has 1 amide bonds. The predicted molar refractivity (Wildman–Crippen MR) is 118 cm³/mol. The van der Waals surface area contributed by atoms with Gasteiger partial charge >= 0.3 is 6.18 Å². The Balaban J connectivity index is 1.51. The van der Waals surface area contributed by atoms with E-state index in [0.717, 1.165) is 50.8 Å². The molecule has 172 valence electrons. The minimum Gasteiger partial charge on any atom is -0.352 e. The van der Waals surface area contributed by atoms with Gasteiger partial charge in [-0.2, -0.15) is 13.2 Å². The van der Waals surface area contributed by atoms with Gasteiger partial charge in [-0.05, 0) is 55.7 Å². The summed E-state index contributed by atoms with van der Waals surface area (Å²) in [5, 5.41) is 3.22. The van der Waals surface area contributed by atoms with E-state index < -0.39 is 17.8 Å². The van der Waals surface area contributed by atoms with Crippen LogP contribution in [0.4, 0.5) is 19.0 Å². The summed E-state index contributed by atoms with van der Waals surface area (Å²) in [4.78, 5) is 19.3. The van der Waals surface area contributed by atoms with Crippen LogP contribution in [-0.2, 0) is 17.4 Å². The lowest BCUT2D eigenvalue weighted by molar-refractivity contribution is -0.137. The molecule has 4 rings (SSSR count). The van der Waals surface area contributed by atoms with Crippen molar-refractivity contribution in [3.05, 3.63) is 59.8 Å². The van der Waals surface area contributed by atoms with Gasteiger partial charge in [0.1, 0.15) is 11.9 Å². The molecule has 1 aromatic heterocycles. The summed E-state index contributed by atoms with van der Waals surface area (Å²) < 4.78 is 38.9. The van der Waals surface area contributed by atoms with E-state index in [-0.39, 0.29) is 11.9 Å². The van der Waals surface area contributed by atoms with Crippen LogP contribution in [0.25, 0.3) is 0 Å². The Morgan fingerprint density at radius 1 is 1.03 bits per heavy atom. The molecule has 1 saturated carbocycles. The van der Waals surface area contributed by atoms with Gasteiger partial charge in [0.2, 0.25) is 5.91 Å². The van der Waals surface area contributed by atoms with Crippen molar-refractivity contribution < 1.29 is 18.0 Å². The van der Waals surface area contributed by atoms with E-state index in [9.17, 15) is 18.0 Å². The fraction of sp³-hybridized carbons (Fsp3) is 0.520. The summed E-state index contributed by atoms with van der Waals surface area (Å²) >= 11 is 0. The number of rotatable bonds is 5. The molecular weight excluding hydrogens is 415 g/mol. The van der Waals surface area contributed by atoms with E-state index in [2.05, 4.69) is 22.4 Å². The van der Waals surface area contributed by atoms with Crippen molar-refractivity contribution in [1.29, 1.82) is 0 Å². The summed E-state index contributed by atoms with van der Waals surface area (Å²) in [5.74, 6) is 0.738. The summed E-state index contributed by atoms with van der Waals surface area (Å²) in [6.45, 7) is 0.596. The van der Waals surface area contributed by atoms with Crippen LogP contribution in [0.1, 0.15) is 56.1 Å². The molecule has 2 heterocycles. The number of benzene rings is 1. The van der Waals surface area contributed by atoms with Crippen LogP contribution in [0.2, 0.25) is 0 Å². The van der Waals surface area contributed by atoms with Crippen LogP contribution in [0.5, 0.6) is 0 Å². The van der Waals surface area contributed by atoms with Crippen LogP contribution >= 0.6 is 0 Å². The normalized spacial score (nSPS) is 22.5. The topological polar surface area (TPSA) is 45.2 Å². The predicted octanol–water partition coefficient (Wildman–Crippen LogP) is 5.38. The number of halogens is 3. The summed E-state index contributed by atoms with van der Waals surface area (Å²) in [7, 11) is 0. The van der Waals surface area contributed by atoms with Gasteiger partial charge in [-0.3, -0.25) is 4.79 Å². The van der Waals surface area contributed by atoms with Crippen LogP contribution in [0.3, 0.4) is 0 Å². The second-order valence-electron chi connectivity index (χ2n) is 9.04. The number of hydrogen-bond donors (Lipinski definition) is 1. The maximum absolute atomic E-state index is 13.3. The number of anilines is 1. The highest BCUT2D eigenvalue weighted by atomic mass is 19.4. The summed E-state index contributed by atoms with van der Waals surface area (Å²) in [6, 6.07) is 12.4. The second-order valence-corrected chi connectivity index (χ2v) is 9.04. The Morgan fingerprint density at radius 3 is 2.44 bits per heavy atom. The Kier molecular flexibility index (Phi) is 7.01. The van der Waals surface area contributed by atoms with E-state index in [0.29, 0.717) is 24.7 Å². The molecule has 1 aliphatic carbocycles. The lowest BCUT2D eigenvalue weighted by Crippen LogP contribution is -2.54. The average molecular weight is 446 g/mol. The molecule has 2 aliphatic rings. The third-order valence-electron chi connectivity index (χ3n) is 6.70. The van der Waals surface area contributed by atoms with Gasteiger partial charge in [0, 0.05) is 18.8 Å². The number of aromatic nitrogens is 1. The molecule has 1 N–H and O–H groups in total. The van der Waals surface area contributed by atoms with E-state index in [1.54, 1.807) is 0 Å². The number of piperidine rings is 1. The Labute approximate surface area is 187 Å². The molecule has 7 heteroatoms. The van der Waals surface area contributed by atoms with Crippen molar-refractivity contribution in [2.45, 2.75) is 69.6 Å². The highest BCUT2D eigenvalue weighted by Gasteiger charge is 2.36. The molecule has 2 atom stereocenters. The Hall–Kier alpha value is -2.57. The van der Waals surface area contributed by atoms with Gasteiger partial charge < -0.3 is 10.2 Å². The zero-order valence-electron chi connectivity index (χ0n) is 18.2. The largest absolute Gasteiger partial charge is 0.417 e. The minimum atomic E-state index is -4.42. The van der Waals surface area contributed by atoms with E-state index in [1.165, 1.54) is 18.1 Å². The van der Waals surface area contributed by atoms with Crippen LogP contribution < -0.4 is 10.2 Å². The van der Waals surface area contributed by atoms with Gasteiger partial charge in [-0.1, -0.05) is 49.6 Å². The molecule has 1 aromatic carbocycles. The molecule has 4 nitrogen and oxygen atoms in total. The number of carbonyl (C=O) groups is 1. The highest BCUT2D eigenvalue weighted by Crippen LogP contribution is 2.33. The molecule has 0 unspecified atom stereocenters. The highest BCUT2D eigenvalue weighted by molar-refractivity contribution is 5.85. The molecule has 0 radical (unpaired) electrons. The summed E-state index contributed by atoms with van der Waals surface area (Å²) in [6.07, 6.45) is 4.29. The van der Waals surface area contributed by atoms with Crippen LogP contribution in [0.15, 0.2) is 48.7 Å². The first-order valence-corrected chi connectivity index (χ1v) is 11.5. The zero-order valence-corrected chi connectivity index (χ0v) is 18.2. The molecule has 1 saturated heterocycles. The third kappa shape index (κ3) is 5.61. The molecule has 0 spiro atoms. The van der Waals surface area contributed by atoms with Crippen molar-refractivity contribution in [2.24, 2.45) is 5.92 Å². The Bertz CT molecular complexity index is 880. The van der Waals surface area contributed by atoms with Crippen molar-refractivity contribution in [2.75, 3.05) is 11.4 Å². The van der Waals surface area contributed by atoms with E-state index in [1.807, 2.05) is 23.1 Å². The second kappa shape index (κ2) is 9.92. The maximum Gasteiger partial charge on any atom is 0.417 e. The Morgan fingerprint density at radius 2 is 1.78 bits per heavy atom. The first-order valence-electron chi connectivity index (χ1n) is 11.5. The number of carbonyl (C=O) groups excluding carboxylic acids is 1. The lowest BCUT2D eigenvalue weighted by Gasteiger charge is -2.40. The van der Waals surface area contributed by atoms with E-state index >= 15 is 0 Å². The minimum absolute atomic E-state index is 0.0311. The number of hydrogen-bond acceptors (Lipinski definition) is 3. The molecule has 2 aromatic rings. The van der Waals surface area contributed by atoms with Crippen molar-refractivity contribution in [1.82, 2.24) is 10.3 Å². The van der Waals surface area contributed by atoms with Crippen molar-refractivity contribution >= 4 is 11.7 Å².